The van der Waals surface area contributed by atoms with Gasteiger partial charge in [0.2, 0.25) is 0 Å². The quantitative estimate of drug-likeness (QED) is 0.851. The van der Waals surface area contributed by atoms with Gasteiger partial charge in [-0.05, 0) is 25.0 Å². The van der Waals surface area contributed by atoms with E-state index in [1.807, 2.05) is 11.4 Å². The molecule has 0 unspecified atom stereocenters. The molecule has 0 saturated heterocycles. The molecule has 2 aromatic rings. The number of nitrogens with two attached hydrogens (primary N) is 1. The number of carbonyl (C=O) groups excluding carboxylic acids is 2. The van der Waals surface area contributed by atoms with Crippen LogP contribution in [0.15, 0.2) is 17.5 Å². The lowest BCUT2D eigenvalue weighted by Gasteiger charge is -2.02. The average molecular weight is 322 g/mol. The Morgan fingerprint density at radius 1 is 1.24 bits per heavy atom. The summed E-state index contributed by atoms with van der Waals surface area (Å²) in [4.78, 5) is 25.9. The van der Waals surface area contributed by atoms with E-state index < -0.39 is 5.91 Å². The highest BCUT2D eigenvalue weighted by Crippen LogP contribution is 2.29. The van der Waals surface area contributed by atoms with Crippen LogP contribution in [0.5, 0.6) is 0 Å². The van der Waals surface area contributed by atoms with E-state index in [0.29, 0.717) is 16.1 Å². The minimum atomic E-state index is -0.511. The zero-order valence-electron chi connectivity index (χ0n) is 12.1. The molecule has 0 aliphatic rings. The topological polar surface area (TPSA) is 72.2 Å². The van der Waals surface area contributed by atoms with Crippen LogP contribution >= 0.6 is 22.7 Å². The summed E-state index contributed by atoms with van der Waals surface area (Å²) < 4.78 is 0. The number of rotatable bonds is 6. The molecule has 0 atom stereocenters. The minimum Gasteiger partial charge on any atom is -0.366 e. The number of aryl methyl sites for hydroxylation is 2. The summed E-state index contributed by atoms with van der Waals surface area (Å²) in [5.74, 6) is -0.707. The molecule has 0 spiro atoms. The van der Waals surface area contributed by atoms with Crippen molar-refractivity contribution in [1.82, 2.24) is 0 Å². The number of primary amides is 1. The van der Waals surface area contributed by atoms with E-state index in [9.17, 15) is 9.59 Å². The molecule has 3 N–H and O–H groups in total. The maximum atomic E-state index is 12.2. The molecular formula is C15H18N2O2S2. The minimum absolute atomic E-state index is 0.196. The Morgan fingerprint density at radius 2 is 2.00 bits per heavy atom. The number of anilines is 1. The summed E-state index contributed by atoms with van der Waals surface area (Å²) in [7, 11) is 0. The lowest BCUT2D eigenvalue weighted by molar-refractivity contribution is 0.100. The second-order valence-electron chi connectivity index (χ2n) is 4.68. The van der Waals surface area contributed by atoms with Gasteiger partial charge in [0.05, 0.1) is 11.1 Å². The SMILES string of the molecule is CCCc1cc(C(N)=O)c(NC(=O)c2csc(CC)c2)s1. The van der Waals surface area contributed by atoms with Crippen molar-refractivity contribution in [2.75, 3.05) is 5.32 Å². The molecule has 0 radical (unpaired) electrons. The standard InChI is InChI=1S/C15H18N2O2S2/c1-3-5-11-7-12(13(16)18)15(21-11)17-14(19)9-6-10(4-2)20-8-9/h6-8H,3-5H2,1-2H3,(H2,16,18)(H,17,19). The number of carbonyl (C=O) groups is 2. The lowest BCUT2D eigenvalue weighted by Crippen LogP contribution is -2.16. The summed E-state index contributed by atoms with van der Waals surface area (Å²) in [5.41, 5.74) is 6.40. The highest BCUT2D eigenvalue weighted by atomic mass is 32.1. The zero-order chi connectivity index (χ0) is 15.4. The fourth-order valence-corrected chi connectivity index (χ4v) is 3.92. The summed E-state index contributed by atoms with van der Waals surface area (Å²) in [5, 5.41) is 5.18. The van der Waals surface area contributed by atoms with E-state index in [2.05, 4.69) is 19.2 Å². The van der Waals surface area contributed by atoms with Gasteiger partial charge in [-0.25, -0.2) is 0 Å². The predicted molar refractivity (Wildman–Crippen MR) is 88.5 cm³/mol. The van der Waals surface area contributed by atoms with Crippen molar-refractivity contribution in [3.63, 3.8) is 0 Å². The molecule has 21 heavy (non-hydrogen) atoms. The van der Waals surface area contributed by atoms with Crippen LogP contribution in [-0.2, 0) is 12.8 Å². The largest absolute Gasteiger partial charge is 0.366 e. The first-order chi connectivity index (χ1) is 10.0. The lowest BCUT2D eigenvalue weighted by atomic mass is 10.2. The molecule has 4 nitrogen and oxygen atoms in total. The first-order valence-electron chi connectivity index (χ1n) is 6.86. The molecule has 0 aromatic carbocycles. The average Bonchev–Trinajstić information content (AvgIpc) is 3.05. The van der Waals surface area contributed by atoms with Gasteiger partial charge in [0.15, 0.2) is 0 Å². The third-order valence-corrected chi connectivity index (χ3v) is 5.23. The summed E-state index contributed by atoms with van der Waals surface area (Å²) in [6.45, 7) is 4.12. The van der Waals surface area contributed by atoms with Crippen molar-refractivity contribution in [3.8, 4) is 0 Å². The van der Waals surface area contributed by atoms with Crippen LogP contribution in [0.4, 0.5) is 5.00 Å². The number of amides is 2. The van der Waals surface area contributed by atoms with Crippen molar-refractivity contribution < 1.29 is 9.59 Å². The molecule has 2 aromatic heterocycles. The van der Waals surface area contributed by atoms with Gasteiger partial charge in [-0.3, -0.25) is 9.59 Å². The Hall–Kier alpha value is -1.66. The Morgan fingerprint density at radius 3 is 2.57 bits per heavy atom. The molecule has 0 bridgehead atoms. The van der Waals surface area contributed by atoms with Gasteiger partial charge in [0.25, 0.3) is 11.8 Å². The molecule has 0 aliphatic heterocycles. The molecule has 2 heterocycles. The maximum Gasteiger partial charge on any atom is 0.257 e. The first kappa shape index (κ1) is 15.7. The van der Waals surface area contributed by atoms with Gasteiger partial charge in [-0.2, -0.15) is 0 Å². The van der Waals surface area contributed by atoms with E-state index in [1.54, 1.807) is 17.4 Å². The van der Waals surface area contributed by atoms with E-state index in [4.69, 9.17) is 5.73 Å². The Balaban J connectivity index is 2.21. The zero-order valence-corrected chi connectivity index (χ0v) is 13.7. The van der Waals surface area contributed by atoms with Crippen molar-refractivity contribution in [2.24, 2.45) is 5.73 Å². The van der Waals surface area contributed by atoms with Crippen molar-refractivity contribution >= 4 is 39.5 Å². The highest BCUT2D eigenvalue weighted by molar-refractivity contribution is 7.16. The summed E-state index contributed by atoms with van der Waals surface area (Å²) >= 11 is 2.98. The van der Waals surface area contributed by atoms with Crippen LogP contribution in [0, 0.1) is 0 Å². The van der Waals surface area contributed by atoms with Gasteiger partial charge in [-0.1, -0.05) is 20.3 Å². The van der Waals surface area contributed by atoms with Gasteiger partial charge in [0.1, 0.15) is 5.00 Å². The number of hydrogen-bond donors (Lipinski definition) is 2. The van der Waals surface area contributed by atoms with E-state index in [1.165, 1.54) is 11.3 Å². The van der Waals surface area contributed by atoms with Crippen LogP contribution < -0.4 is 11.1 Å². The maximum absolute atomic E-state index is 12.2. The normalized spacial score (nSPS) is 10.6. The summed E-state index contributed by atoms with van der Waals surface area (Å²) in [6.07, 6.45) is 2.76. The Kier molecular flexibility index (Phi) is 5.14. The smallest absolute Gasteiger partial charge is 0.257 e. The van der Waals surface area contributed by atoms with E-state index in [0.717, 1.165) is 29.0 Å². The molecule has 0 aliphatic carbocycles. The highest BCUT2D eigenvalue weighted by Gasteiger charge is 2.17. The third-order valence-electron chi connectivity index (χ3n) is 3.04. The van der Waals surface area contributed by atoms with Crippen molar-refractivity contribution in [3.05, 3.63) is 38.4 Å². The fourth-order valence-electron chi connectivity index (χ4n) is 1.95. The van der Waals surface area contributed by atoms with E-state index in [-0.39, 0.29) is 5.91 Å². The fraction of sp³-hybridized carbons (Fsp3) is 0.333. The van der Waals surface area contributed by atoms with Gasteiger partial charge >= 0.3 is 0 Å². The second-order valence-corrected chi connectivity index (χ2v) is 6.81. The van der Waals surface area contributed by atoms with E-state index >= 15 is 0 Å². The molecular weight excluding hydrogens is 304 g/mol. The van der Waals surface area contributed by atoms with Crippen LogP contribution in [0.3, 0.4) is 0 Å². The van der Waals surface area contributed by atoms with Crippen LogP contribution in [0.25, 0.3) is 0 Å². The Bertz CT molecular complexity index is 658. The third kappa shape index (κ3) is 3.71. The number of nitrogens with one attached hydrogen (secondary N) is 1. The molecule has 2 amide bonds. The Labute approximate surface area is 132 Å². The van der Waals surface area contributed by atoms with Crippen LogP contribution in [-0.4, -0.2) is 11.8 Å². The monoisotopic (exact) mass is 322 g/mol. The van der Waals surface area contributed by atoms with Gasteiger partial charge < -0.3 is 11.1 Å². The number of thiophene rings is 2. The molecule has 112 valence electrons. The molecule has 0 saturated carbocycles. The van der Waals surface area contributed by atoms with Crippen LogP contribution in [0.2, 0.25) is 0 Å². The second kappa shape index (κ2) is 6.87. The molecule has 0 fully saturated rings. The number of hydrogen-bond acceptors (Lipinski definition) is 4. The van der Waals surface area contributed by atoms with Crippen molar-refractivity contribution in [2.45, 2.75) is 33.1 Å². The van der Waals surface area contributed by atoms with Crippen molar-refractivity contribution in [1.29, 1.82) is 0 Å². The first-order valence-corrected chi connectivity index (χ1v) is 8.56. The molecule has 2 rings (SSSR count). The predicted octanol–water partition coefficient (Wildman–Crippen LogP) is 3.68. The summed E-state index contributed by atoms with van der Waals surface area (Å²) in [6, 6.07) is 3.65. The van der Waals surface area contributed by atoms with Crippen LogP contribution in [0.1, 0.15) is 50.7 Å². The van der Waals surface area contributed by atoms with Gasteiger partial charge in [0, 0.05) is 15.1 Å². The van der Waals surface area contributed by atoms with Gasteiger partial charge in [-0.15, -0.1) is 22.7 Å². The molecule has 6 heteroatoms.